The van der Waals surface area contributed by atoms with Crippen LogP contribution in [0.5, 0.6) is 0 Å². The molecule has 0 N–H and O–H groups in total. The van der Waals surface area contributed by atoms with E-state index in [4.69, 9.17) is 4.74 Å². The molecule has 0 bridgehead atoms. The van der Waals surface area contributed by atoms with Gasteiger partial charge in [0.05, 0.1) is 28.8 Å². The number of pyridine rings is 1. The zero-order valence-electron chi connectivity index (χ0n) is 14.6. The van der Waals surface area contributed by atoms with E-state index in [1.54, 1.807) is 40.7 Å². The molecule has 4 rings (SSSR count). The van der Waals surface area contributed by atoms with Crippen LogP contribution in [-0.4, -0.2) is 32.0 Å². The van der Waals surface area contributed by atoms with Gasteiger partial charge in [0, 0.05) is 31.8 Å². The number of ether oxygens (including phenoxy) is 1. The van der Waals surface area contributed by atoms with Crippen molar-refractivity contribution in [1.82, 2.24) is 19.2 Å². The van der Waals surface area contributed by atoms with Crippen LogP contribution in [-0.2, 0) is 17.9 Å². The van der Waals surface area contributed by atoms with E-state index < -0.39 is 0 Å². The summed E-state index contributed by atoms with van der Waals surface area (Å²) in [6, 6.07) is 8.00. The summed E-state index contributed by atoms with van der Waals surface area (Å²) in [5, 5.41) is 5.09. The summed E-state index contributed by atoms with van der Waals surface area (Å²) in [6.45, 7) is 0.791. The fourth-order valence-electron chi connectivity index (χ4n) is 3.19. The van der Waals surface area contributed by atoms with Crippen LogP contribution in [0.25, 0.3) is 27.7 Å². The fraction of sp³-hybridized carbons (Fsp3) is 0.211. The summed E-state index contributed by atoms with van der Waals surface area (Å²) >= 11 is 4.19. The van der Waals surface area contributed by atoms with Gasteiger partial charge in [-0.2, -0.15) is 17.7 Å². The van der Waals surface area contributed by atoms with E-state index in [-0.39, 0.29) is 18.0 Å². The van der Waals surface area contributed by atoms with Gasteiger partial charge in [-0.05, 0) is 23.8 Å². The Morgan fingerprint density at radius 2 is 2.00 bits per heavy atom. The predicted octanol–water partition coefficient (Wildman–Crippen LogP) is 2.93. The summed E-state index contributed by atoms with van der Waals surface area (Å²) in [6.07, 6.45) is 3.29. The lowest BCUT2D eigenvalue weighted by Gasteiger charge is -2.06. The molecule has 1 aromatic carbocycles. The van der Waals surface area contributed by atoms with Crippen molar-refractivity contribution in [2.45, 2.75) is 13.2 Å². The molecule has 8 heteroatoms. The second kappa shape index (κ2) is 7.13. The highest BCUT2D eigenvalue weighted by atomic mass is 32.1. The summed E-state index contributed by atoms with van der Waals surface area (Å²) in [5.74, 6) is 0.252. The highest BCUT2D eigenvalue weighted by molar-refractivity contribution is 7.80. The largest absolute Gasteiger partial charge is 0.378 e. The predicted molar refractivity (Wildman–Crippen MR) is 105 cm³/mol. The minimum Gasteiger partial charge on any atom is -0.378 e. The monoisotopic (exact) mass is 384 g/mol. The smallest absolute Gasteiger partial charge is 0.261 e. The van der Waals surface area contributed by atoms with Crippen molar-refractivity contribution >= 4 is 29.2 Å². The first-order valence-electron chi connectivity index (χ1n) is 8.39. The molecule has 0 unspecified atom stereocenters. The molecule has 0 amide bonds. The van der Waals surface area contributed by atoms with E-state index in [2.05, 4.69) is 22.7 Å². The van der Waals surface area contributed by atoms with Crippen molar-refractivity contribution in [3.63, 3.8) is 0 Å². The van der Waals surface area contributed by atoms with Gasteiger partial charge in [0.1, 0.15) is 5.82 Å². The second-order valence-electron chi connectivity index (χ2n) is 6.09. The molecule has 0 radical (unpaired) electrons. The number of fused-ring (bicyclic) bond motifs is 3. The third kappa shape index (κ3) is 3.00. The number of hydrogen-bond acceptors (Lipinski definition) is 5. The molecule has 0 spiro atoms. The maximum atomic E-state index is 13.3. The minimum absolute atomic E-state index is 0.136. The molecule has 0 saturated heterocycles. The highest BCUT2D eigenvalue weighted by Crippen LogP contribution is 2.29. The van der Waals surface area contributed by atoms with Crippen LogP contribution in [0.3, 0.4) is 0 Å². The van der Waals surface area contributed by atoms with Gasteiger partial charge in [-0.3, -0.25) is 4.79 Å². The summed E-state index contributed by atoms with van der Waals surface area (Å²) in [5.41, 5.74) is 3.33. The molecule has 0 saturated carbocycles. The zero-order valence-corrected chi connectivity index (χ0v) is 15.5. The van der Waals surface area contributed by atoms with Crippen LogP contribution in [0.2, 0.25) is 0 Å². The van der Waals surface area contributed by atoms with Gasteiger partial charge in [-0.15, -0.1) is 0 Å². The van der Waals surface area contributed by atoms with Gasteiger partial charge >= 0.3 is 0 Å². The van der Waals surface area contributed by atoms with Crippen molar-refractivity contribution in [1.29, 1.82) is 0 Å². The summed E-state index contributed by atoms with van der Waals surface area (Å²) in [4.78, 5) is 17.2. The number of aryl methyl sites for hydroxylation is 1. The quantitative estimate of drug-likeness (QED) is 0.538. The van der Waals surface area contributed by atoms with Crippen molar-refractivity contribution in [3.8, 4) is 11.1 Å². The normalized spacial score (nSPS) is 11.5. The molecule has 0 aliphatic rings. The van der Waals surface area contributed by atoms with E-state index in [0.717, 1.165) is 11.1 Å². The first-order chi connectivity index (χ1) is 13.1. The highest BCUT2D eigenvalue weighted by Gasteiger charge is 2.18. The molecule has 6 nitrogen and oxygen atoms in total. The number of nitrogens with zero attached hydrogens (tertiary/aromatic N) is 4. The van der Waals surface area contributed by atoms with Crippen LogP contribution in [0.4, 0.5) is 4.39 Å². The van der Waals surface area contributed by atoms with Gasteiger partial charge < -0.3 is 9.30 Å². The molecule has 3 aromatic heterocycles. The molecule has 0 fully saturated rings. The molecule has 27 heavy (non-hydrogen) atoms. The van der Waals surface area contributed by atoms with Gasteiger partial charge in [-0.25, -0.2) is 13.9 Å². The van der Waals surface area contributed by atoms with Gasteiger partial charge in [-0.1, -0.05) is 12.1 Å². The lowest BCUT2D eigenvalue weighted by Crippen LogP contribution is -2.21. The number of methoxy groups -OCH3 is 1. The fourth-order valence-corrected chi connectivity index (χ4v) is 3.40. The van der Waals surface area contributed by atoms with Crippen LogP contribution in [0.15, 0.2) is 47.5 Å². The second-order valence-corrected chi connectivity index (χ2v) is 6.54. The molecule has 0 aliphatic heterocycles. The Morgan fingerprint density at radius 1 is 1.22 bits per heavy atom. The van der Waals surface area contributed by atoms with Crippen molar-refractivity contribution in [2.75, 3.05) is 12.9 Å². The lowest BCUT2D eigenvalue weighted by molar-refractivity contribution is 0.181. The number of rotatable bonds is 5. The SMILES string of the molecule is COCc1nn2c(ncc3c(=O)n(CCS)ccc32)c1-c1ccc(F)cc1. The topological polar surface area (TPSA) is 61.4 Å². The van der Waals surface area contributed by atoms with Crippen molar-refractivity contribution < 1.29 is 9.13 Å². The Balaban J connectivity index is 2.02. The maximum absolute atomic E-state index is 13.3. The van der Waals surface area contributed by atoms with E-state index in [9.17, 15) is 9.18 Å². The summed E-state index contributed by atoms with van der Waals surface area (Å²) in [7, 11) is 1.58. The Kier molecular flexibility index (Phi) is 4.67. The van der Waals surface area contributed by atoms with Crippen LogP contribution < -0.4 is 5.56 Å². The van der Waals surface area contributed by atoms with Gasteiger partial charge in [0.2, 0.25) is 0 Å². The van der Waals surface area contributed by atoms with Crippen molar-refractivity contribution in [3.05, 3.63) is 64.6 Å². The molecule has 138 valence electrons. The van der Waals surface area contributed by atoms with E-state index in [1.807, 2.05) is 6.07 Å². The first kappa shape index (κ1) is 17.7. The van der Waals surface area contributed by atoms with Crippen LogP contribution in [0.1, 0.15) is 5.69 Å². The zero-order chi connectivity index (χ0) is 19.0. The lowest BCUT2D eigenvalue weighted by atomic mass is 10.1. The van der Waals surface area contributed by atoms with E-state index >= 15 is 0 Å². The van der Waals surface area contributed by atoms with Crippen LogP contribution >= 0.6 is 12.6 Å². The number of halogens is 1. The average molecular weight is 384 g/mol. The summed E-state index contributed by atoms with van der Waals surface area (Å²) < 4.78 is 21.9. The maximum Gasteiger partial charge on any atom is 0.261 e. The van der Waals surface area contributed by atoms with Crippen molar-refractivity contribution in [2.24, 2.45) is 0 Å². The molecular formula is C19H17FN4O2S. The Morgan fingerprint density at radius 3 is 2.70 bits per heavy atom. The Labute approximate surface area is 159 Å². The Bertz CT molecular complexity index is 1180. The minimum atomic E-state index is -0.313. The number of benzene rings is 1. The molecule has 0 atom stereocenters. The third-order valence-corrected chi connectivity index (χ3v) is 4.61. The van der Waals surface area contributed by atoms with E-state index in [1.165, 1.54) is 12.1 Å². The van der Waals surface area contributed by atoms with Gasteiger partial charge in [0.25, 0.3) is 5.56 Å². The number of thiol groups is 1. The number of hydrogen-bond donors (Lipinski definition) is 1. The molecule has 4 aromatic rings. The molecule has 3 heterocycles. The van der Waals surface area contributed by atoms with Crippen LogP contribution in [0, 0.1) is 5.82 Å². The average Bonchev–Trinajstić information content (AvgIpc) is 3.03. The third-order valence-electron chi connectivity index (χ3n) is 4.41. The standard InChI is InChI=1S/C19H17FN4O2S/c1-26-11-15-17(12-2-4-13(20)5-3-12)18-21-10-14-16(24(18)22-15)6-7-23(8-9-27)19(14)25/h2-7,10,27H,8-9,11H2,1H3. The molecular weight excluding hydrogens is 367 g/mol. The van der Waals surface area contributed by atoms with E-state index in [0.29, 0.717) is 34.5 Å². The van der Waals surface area contributed by atoms with Gasteiger partial charge in [0.15, 0.2) is 5.65 Å². The first-order valence-corrected chi connectivity index (χ1v) is 9.02. The number of aromatic nitrogens is 4. The molecule has 0 aliphatic carbocycles. The Hall–Kier alpha value is -2.71.